The fourth-order valence-corrected chi connectivity index (χ4v) is 5.54. The third-order valence-corrected chi connectivity index (χ3v) is 7.28. The van der Waals surface area contributed by atoms with Crippen molar-refractivity contribution in [2.75, 3.05) is 11.5 Å². The van der Waals surface area contributed by atoms with E-state index in [1.54, 1.807) is 27.7 Å². The van der Waals surface area contributed by atoms with Gasteiger partial charge >= 0.3 is 24.5 Å². The molecule has 1 aliphatic heterocycles. The highest BCUT2D eigenvalue weighted by atomic mass is 19.4. The van der Waals surface area contributed by atoms with Gasteiger partial charge in [-0.25, -0.2) is 9.59 Å². The molecule has 1 aliphatic carbocycles. The number of hydrogen-bond acceptors (Lipinski definition) is 4. The van der Waals surface area contributed by atoms with E-state index in [1.807, 2.05) is 12.1 Å². The Labute approximate surface area is 234 Å². The molecule has 0 fully saturated rings. The van der Waals surface area contributed by atoms with Crippen LogP contribution in [-0.2, 0) is 41.2 Å². The number of halogens is 6. The van der Waals surface area contributed by atoms with Gasteiger partial charge in [-0.3, -0.25) is 9.80 Å². The van der Waals surface area contributed by atoms with Crippen molar-refractivity contribution in [1.82, 2.24) is 4.90 Å². The number of amides is 2. The molecule has 1 heterocycles. The lowest BCUT2D eigenvalue weighted by atomic mass is 9.88. The summed E-state index contributed by atoms with van der Waals surface area (Å²) in [6.07, 6.45) is -9.54. The Kier molecular flexibility index (Phi) is 8.52. The summed E-state index contributed by atoms with van der Waals surface area (Å²) < 4.78 is 92.3. The predicted molar refractivity (Wildman–Crippen MR) is 138 cm³/mol. The third kappa shape index (κ3) is 6.56. The van der Waals surface area contributed by atoms with Crippen molar-refractivity contribution in [2.45, 2.75) is 90.5 Å². The molecule has 224 valence electrons. The van der Waals surface area contributed by atoms with Crippen LogP contribution in [0.25, 0.3) is 0 Å². The third-order valence-electron chi connectivity index (χ3n) is 7.28. The Morgan fingerprint density at radius 3 is 2.10 bits per heavy atom. The fraction of sp³-hybridized carbons (Fsp3) is 0.517. The first-order valence-corrected chi connectivity index (χ1v) is 13.5. The van der Waals surface area contributed by atoms with Crippen LogP contribution in [0.3, 0.4) is 0 Å². The van der Waals surface area contributed by atoms with E-state index in [0.717, 1.165) is 35.3 Å². The number of ether oxygens (including phenoxy) is 2. The van der Waals surface area contributed by atoms with E-state index >= 15 is 0 Å². The lowest BCUT2D eigenvalue weighted by Gasteiger charge is -2.43. The summed E-state index contributed by atoms with van der Waals surface area (Å²) in [5.41, 5.74) is -0.184. The van der Waals surface area contributed by atoms with Crippen LogP contribution in [0.4, 0.5) is 41.6 Å². The monoisotopic (exact) mass is 586 g/mol. The van der Waals surface area contributed by atoms with E-state index in [2.05, 4.69) is 0 Å². The minimum atomic E-state index is -5.04. The summed E-state index contributed by atoms with van der Waals surface area (Å²) in [6.45, 7) is 6.16. The molecule has 2 aromatic rings. The lowest BCUT2D eigenvalue weighted by Crippen LogP contribution is -2.48. The second-order valence-electron chi connectivity index (χ2n) is 10.7. The van der Waals surface area contributed by atoms with Crippen LogP contribution < -0.4 is 4.90 Å². The normalized spacial score (nSPS) is 18.7. The highest BCUT2D eigenvalue weighted by Gasteiger charge is 2.42. The van der Waals surface area contributed by atoms with Crippen molar-refractivity contribution in [3.8, 4) is 0 Å². The number of alkyl halides is 6. The first kappa shape index (κ1) is 30.5. The van der Waals surface area contributed by atoms with Crippen molar-refractivity contribution < 1.29 is 45.4 Å². The van der Waals surface area contributed by atoms with Crippen molar-refractivity contribution in [2.24, 2.45) is 0 Å². The minimum absolute atomic E-state index is 0.0543. The van der Waals surface area contributed by atoms with Gasteiger partial charge in [0.05, 0.1) is 35.6 Å². The standard InChI is InChI=1S/C29H32F6N2O4/c1-5-40-27(39)37-17(4)9-24(23-12-19-7-6-8-20(19)13-25(23)37)36(26(38)41-16(2)3)15-18-10-21(28(30,31)32)14-22(11-18)29(33,34)35/h10-14,16-17,24H,5-9,15H2,1-4H3/t17-,24+/m1/s1. The van der Waals surface area contributed by atoms with Crippen LogP contribution in [0.2, 0.25) is 0 Å². The topological polar surface area (TPSA) is 59.1 Å². The second kappa shape index (κ2) is 11.4. The summed E-state index contributed by atoms with van der Waals surface area (Å²) >= 11 is 0. The van der Waals surface area contributed by atoms with Gasteiger partial charge in [0.1, 0.15) is 0 Å². The van der Waals surface area contributed by atoms with Crippen LogP contribution in [0, 0.1) is 0 Å². The Balaban J connectivity index is 1.85. The van der Waals surface area contributed by atoms with E-state index in [4.69, 9.17) is 9.47 Å². The van der Waals surface area contributed by atoms with Crippen LogP contribution in [-0.4, -0.2) is 35.8 Å². The number of carbonyl (C=O) groups is 2. The number of fused-ring (bicyclic) bond motifs is 2. The summed E-state index contributed by atoms with van der Waals surface area (Å²) in [5.74, 6) is 0. The molecule has 2 amide bonds. The summed E-state index contributed by atoms with van der Waals surface area (Å²) in [4.78, 5) is 29.1. The van der Waals surface area contributed by atoms with Gasteiger partial charge in [0.15, 0.2) is 0 Å². The molecule has 0 saturated carbocycles. The van der Waals surface area contributed by atoms with Crippen molar-refractivity contribution in [1.29, 1.82) is 0 Å². The average Bonchev–Trinajstić information content (AvgIpc) is 3.31. The molecule has 6 nitrogen and oxygen atoms in total. The molecule has 0 radical (unpaired) electrons. The number of anilines is 1. The zero-order valence-electron chi connectivity index (χ0n) is 23.2. The Hall–Kier alpha value is -3.44. The maximum absolute atomic E-state index is 13.6. The number of hydrogen-bond donors (Lipinski definition) is 0. The minimum Gasteiger partial charge on any atom is -0.449 e. The van der Waals surface area contributed by atoms with E-state index < -0.39 is 60.4 Å². The van der Waals surface area contributed by atoms with Gasteiger partial charge in [-0.15, -0.1) is 0 Å². The molecule has 2 atom stereocenters. The van der Waals surface area contributed by atoms with E-state index in [1.165, 1.54) is 4.90 Å². The molecule has 41 heavy (non-hydrogen) atoms. The molecule has 4 rings (SSSR count). The number of carbonyl (C=O) groups excluding carboxylic acids is 2. The first-order valence-electron chi connectivity index (χ1n) is 13.5. The quantitative estimate of drug-likeness (QED) is 0.333. The fourth-order valence-electron chi connectivity index (χ4n) is 5.54. The highest BCUT2D eigenvalue weighted by molar-refractivity contribution is 5.91. The van der Waals surface area contributed by atoms with Gasteiger partial charge in [-0.2, -0.15) is 26.3 Å². The average molecular weight is 587 g/mol. The zero-order chi connectivity index (χ0) is 30.3. The Bertz CT molecular complexity index is 1280. The second-order valence-corrected chi connectivity index (χ2v) is 10.7. The molecule has 0 N–H and O–H groups in total. The number of benzene rings is 2. The number of rotatable bonds is 5. The van der Waals surface area contributed by atoms with Crippen molar-refractivity contribution >= 4 is 17.9 Å². The van der Waals surface area contributed by atoms with Gasteiger partial charge in [0.2, 0.25) is 0 Å². The first-order chi connectivity index (χ1) is 19.1. The smallest absolute Gasteiger partial charge is 0.416 e. The van der Waals surface area contributed by atoms with Gasteiger partial charge < -0.3 is 9.47 Å². The van der Waals surface area contributed by atoms with Crippen LogP contribution in [0.1, 0.15) is 80.0 Å². The van der Waals surface area contributed by atoms with Gasteiger partial charge in [0, 0.05) is 12.6 Å². The van der Waals surface area contributed by atoms with Crippen LogP contribution in [0.5, 0.6) is 0 Å². The molecule has 0 saturated heterocycles. The molecule has 12 heteroatoms. The Morgan fingerprint density at radius 1 is 0.976 bits per heavy atom. The zero-order valence-corrected chi connectivity index (χ0v) is 23.2. The van der Waals surface area contributed by atoms with E-state index in [-0.39, 0.29) is 24.7 Å². The van der Waals surface area contributed by atoms with Gasteiger partial charge in [-0.1, -0.05) is 6.07 Å². The van der Waals surface area contributed by atoms with E-state index in [9.17, 15) is 35.9 Å². The summed E-state index contributed by atoms with van der Waals surface area (Å²) in [6, 6.07) is 3.73. The summed E-state index contributed by atoms with van der Waals surface area (Å²) in [7, 11) is 0. The van der Waals surface area contributed by atoms with Crippen molar-refractivity contribution in [3.63, 3.8) is 0 Å². The number of nitrogens with zero attached hydrogens (tertiary/aromatic N) is 2. The SMILES string of the molecule is CCOC(=O)N1c2cc3c(cc2[C@@H](N(Cc2cc(C(F)(F)F)cc(C(F)(F)F)c2)C(=O)OC(C)C)C[C@H]1C)CCC3. The predicted octanol–water partition coefficient (Wildman–Crippen LogP) is 8.06. The molecule has 0 bridgehead atoms. The lowest BCUT2D eigenvalue weighted by molar-refractivity contribution is -0.143. The highest BCUT2D eigenvalue weighted by Crippen LogP contribution is 2.45. The van der Waals surface area contributed by atoms with Crippen molar-refractivity contribution in [3.05, 3.63) is 63.7 Å². The van der Waals surface area contributed by atoms with Gasteiger partial charge in [-0.05, 0) is 99.9 Å². The van der Waals surface area contributed by atoms with E-state index in [0.29, 0.717) is 23.4 Å². The summed E-state index contributed by atoms with van der Waals surface area (Å²) in [5, 5.41) is 0. The maximum atomic E-state index is 13.6. The largest absolute Gasteiger partial charge is 0.449 e. The van der Waals surface area contributed by atoms with Crippen LogP contribution in [0.15, 0.2) is 30.3 Å². The molecule has 0 aromatic heterocycles. The molecule has 2 aliphatic rings. The molecule has 2 aromatic carbocycles. The molecule has 0 spiro atoms. The van der Waals surface area contributed by atoms with Gasteiger partial charge in [0.25, 0.3) is 0 Å². The van der Waals surface area contributed by atoms with Crippen LogP contribution >= 0.6 is 0 Å². The maximum Gasteiger partial charge on any atom is 0.416 e. The molecular formula is C29H32F6N2O4. The molecule has 0 unspecified atom stereocenters. The molecular weight excluding hydrogens is 554 g/mol. The Morgan fingerprint density at radius 2 is 1.56 bits per heavy atom. The number of aryl methyl sites for hydroxylation is 2.